The number of nitrogens with zero attached hydrogens (tertiary/aromatic N) is 1. The minimum absolute atomic E-state index is 0.168. The zero-order chi connectivity index (χ0) is 20.2. The molecule has 0 saturated carbocycles. The third kappa shape index (κ3) is 4.45. The molecule has 4 nitrogen and oxygen atoms in total. The van der Waals surface area contributed by atoms with Crippen molar-refractivity contribution in [2.24, 2.45) is 0 Å². The molecular formula is C24H30ClN3O. The van der Waals surface area contributed by atoms with Crippen LogP contribution < -0.4 is 10.1 Å². The molecular weight excluding hydrogens is 382 g/mol. The van der Waals surface area contributed by atoms with Crippen LogP contribution in [0.15, 0.2) is 42.5 Å². The van der Waals surface area contributed by atoms with Gasteiger partial charge in [0.25, 0.3) is 0 Å². The van der Waals surface area contributed by atoms with Gasteiger partial charge in [-0.3, -0.25) is 0 Å². The van der Waals surface area contributed by atoms with Crippen LogP contribution in [0.1, 0.15) is 43.1 Å². The molecule has 4 rings (SSSR count). The Morgan fingerprint density at radius 3 is 2.66 bits per heavy atom. The standard InChI is InChI=1S/C24H30ClN3O/c1-3-28(4-2)14-5-15-29-19-9-6-17(7-10-19)23-24-20(12-13-26-23)21-16-18(25)8-11-22(21)27-24/h6-11,16,23,26-27H,3-5,12-15H2,1-2H3. The van der Waals surface area contributed by atoms with E-state index in [0.717, 1.165) is 61.9 Å². The van der Waals surface area contributed by atoms with E-state index in [0.29, 0.717) is 0 Å². The summed E-state index contributed by atoms with van der Waals surface area (Å²) in [4.78, 5) is 6.04. The van der Waals surface area contributed by atoms with Crippen molar-refractivity contribution in [1.29, 1.82) is 0 Å². The number of hydrogen-bond acceptors (Lipinski definition) is 3. The summed E-state index contributed by atoms with van der Waals surface area (Å²) in [5.74, 6) is 0.938. The molecule has 154 valence electrons. The monoisotopic (exact) mass is 411 g/mol. The topological polar surface area (TPSA) is 40.3 Å². The molecule has 1 unspecified atom stereocenters. The number of hydrogen-bond donors (Lipinski definition) is 2. The zero-order valence-electron chi connectivity index (χ0n) is 17.3. The molecule has 5 heteroatoms. The second kappa shape index (κ2) is 9.21. The van der Waals surface area contributed by atoms with Crippen LogP contribution in [-0.4, -0.2) is 42.7 Å². The molecule has 0 fully saturated rings. The maximum atomic E-state index is 6.23. The first-order chi connectivity index (χ1) is 14.2. The normalized spacial score (nSPS) is 16.3. The number of nitrogens with one attached hydrogen (secondary N) is 2. The third-order valence-electron chi connectivity index (χ3n) is 5.91. The first-order valence-electron chi connectivity index (χ1n) is 10.7. The Bertz CT molecular complexity index is 947. The zero-order valence-corrected chi connectivity index (χ0v) is 18.1. The smallest absolute Gasteiger partial charge is 0.119 e. The third-order valence-corrected chi connectivity index (χ3v) is 6.14. The fourth-order valence-corrected chi connectivity index (χ4v) is 4.43. The van der Waals surface area contributed by atoms with Crippen molar-refractivity contribution >= 4 is 22.5 Å². The number of rotatable bonds is 8. The fraction of sp³-hybridized carbons (Fsp3) is 0.417. The Morgan fingerprint density at radius 1 is 1.10 bits per heavy atom. The van der Waals surface area contributed by atoms with Crippen LogP contribution >= 0.6 is 11.6 Å². The molecule has 29 heavy (non-hydrogen) atoms. The fourth-order valence-electron chi connectivity index (χ4n) is 4.26. The van der Waals surface area contributed by atoms with Crippen molar-refractivity contribution in [2.45, 2.75) is 32.7 Å². The number of aromatic amines is 1. The predicted molar refractivity (Wildman–Crippen MR) is 121 cm³/mol. The average molecular weight is 412 g/mol. The molecule has 3 aromatic rings. The van der Waals surface area contributed by atoms with E-state index in [1.807, 2.05) is 6.07 Å². The van der Waals surface area contributed by atoms with Crippen LogP contribution in [0.2, 0.25) is 5.02 Å². The van der Waals surface area contributed by atoms with Gasteiger partial charge in [0.15, 0.2) is 0 Å². The van der Waals surface area contributed by atoms with Crippen molar-refractivity contribution in [3.63, 3.8) is 0 Å². The van der Waals surface area contributed by atoms with E-state index in [-0.39, 0.29) is 6.04 Å². The molecule has 0 amide bonds. The van der Waals surface area contributed by atoms with Crippen LogP contribution in [-0.2, 0) is 6.42 Å². The maximum Gasteiger partial charge on any atom is 0.119 e. The summed E-state index contributed by atoms with van der Waals surface area (Å²) in [6.45, 7) is 9.41. The Hall–Kier alpha value is -2.01. The van der Waals surface area contributed by atoms with Gasteiger partial charge in [0.05, 0.1) is 12.6 Å². The highest BCUT2D eigenvalue weighted by Gasteiger charge is 2.25. The molecule has 2 heterocycles. The van der Waals surface area contributed by atoms with E-state index in [1.165, 1.54) is 22.2 Å². The van der Waals surface area contributed by atoms with E-state index in [4.69, 9.17) is 16.3 Å². The molecule has 2 N–H and O–H groups in total. The van der Waals surface area contributed by atoms with Gasteiger partial charge in [-0.1, -0.05) is 37.6 Å². The van der Waals surface area contributed by atoms with Crippen molar-refractivity contribution in [2.75, 3.05) is 32.8 Å². The van der Waals surface area contributed by atoms with E-state index >= 15 is 0 Å². The summed E-state index contributed by atoms with van der Waals surface area (Å²) in [5.41, 5.74) is 5.03. The van der Waals surface area contributed by atoms with Gasteiger partial charge in [0.2, 0.25) is 0 Å². The maximum absolute atomic E-state index is 6.23. The van der Waals surface area contributed by atoms with Crippen molar-refractivity contribution in [1.82, 2.24) is 15.2 Å². The molecule has 0 radical (unpaired) electrons. The lowest BCUT2D eigenvalue weighted by Gasteiger charge is -2.25. The van der Waals surface area contributed by atoms with Crippen LogP contribution in [0.25, 0.3) is 10.9 Å². The Labute approximate surface area is 178 Å². The molecule has 0 aliphatic carbocycles. The van der Waals surface area contributed by atoms with Crippen molar-refractivity contribution in [3.05, 3.63) is 64.3 Å². The van der Waals surface area contributed by atoms with Crippen LogP contribution in [0.5, 0.6) is 5.75 Å². The van der Waals surface area contributed by atoms with Crippen LogP contribution in [0.4, 0.5) is 0 Å². The summed E-state index contributed by atoms with van der Waals surface area (Å²) in [7, 11) is 0. The summed E-state index contributed by atoms with van der Waals surface area (Å²) in [6.07, 6.45) is 2.06. The highest BCUT2D eigenvalue weighted by atomic mass is 35.5. The average Bonchev–Trinajstić information content (AvgIpc) is 3.12. The van der Waals surface area contributed by atoms with E-state index in [9.17, 15) is 0 Å². The number of aromatic nitrogens is 1. The quantitative estimate of drug-likeness (QED) is 0.502. The molecule has 1 aliphatic heterocycles. The second-order valence-corrected chi connectivity index (χ2v) is 8.08. The van der Waals surface area contributed by atoms with Gasteiger partial charge < -0.3 is 19.9 Å². The first-order valence-corrected chi connectivity index (χ1v) is 11.1. The Morgan fingerprint density at radius 2 is 1.90 bits per heavy atom. The first kappa shape index (κ1) is 20.3. The van der Waals surface area contributed by atoms with E-state index in [2.05, 4.69) is 65.4 Å². The summed E-state index contributed by atoms with van der Waals surface area (Å²) in [6, 6.07) is 14.8. The second-order valence-electron chi connectivity index (χ2n) is 7.64. The van der Waals surface area contributed by atoms with Gasteiger partial charge in [0.1, 0.15) is 5.75 Å². The van der Waals surface area contributed by atoms with E-state index < -0.39 is 0 Å². The van der Waals surface area contributed by atoms with Crippen LogP contribution in [0, 0.1) is 0 Å². The molecule has 1 atom stereocenters. The van der Waals surface area contributed by atoms with Crippen molar-refractivity contribution in [3.8, 4) is 5.75 Å². The van der Waals surface area contributed by atoms with Gasteiger partial charge in [-0.05, 0) is 67.4 Å². The lowest BCUT2D eigenvalue weighted by atomic mass is 9.94. The van der Waals surface area contributed by atoms with Gasteiger partial charge in [0, 0.05) is 34.7 Å². The van der Waals surface area contributed by atoms with Crippen molar-refractivity contribution < 1.29 is 4.74 Å². The number of halogens is 1. The summed E-state index contributed by atoms with van der Waals surface area (Å²) in [5, 5.41) is 5.69. The van der Waals surface area contributed by atoms with Crippen LogP contribution in [0.3, 0.4) is 0 Å². The molecule has 0 spiro atoms. The summed E-state index contributed by atoms with van der Waals surface area (Å²) >= 11 is 6.23. The SMILES string of the molecule is CCN(CC)CCCOc1ccc(C2NCCc3c2[nH]c2ccc(Cl)cc32)cc1. The van der Waals surface area contributed by atoms with Gasteiger partial charge >= 0.3 is 0 Å². The Balaban J connectivity index is 1.44. The van der Waals surface area contributed by atoms with Gasteiger partial charge in [-0.2, -0.15) is 0 Å². The van der Waals surface area contributed by atoms with Gasteiger partial charge in [-0.15, -0.1) is 0 Å². The highest BCUT2D eigenvalue weighted by molar-refractivity contribution is 6.31. The number of ether oxygens (including phenoxy) is 1. The highest BCUT2D eigenvalue weighted by Crippen LogP contribution is 2.35. The van der Waals surface area contributed by atoms with Gasteiger partial charge in [-0.25, -0.2) is 0 Å². The minimum Gasteiger partial charge on any atom is -0.494 e. The number of fused-ring (bicyclic) bond motifs is 3. The molecule has 1 aromatic heterocycles. The number of benzene rings is 2. The predicted octanol–water partition coefficient (Wildman–Crippen LogP) is 5.17. The van der Waals surface area contributed by atoms with E-state index in [1.54, 1.807) is 0 Å². The lowest BCUT2D eigenvalue weighted by Crippen LogP contribution is -2.30. The molecule has 0 bridgehead atoms. The Kier molecular flexibility index (Phi) is 6.43. The lowest BCUT2D eigenvalue weighted by molar-refractivity contribution is 0.249. The summed E-state index contributed by atoms with van der Waals surface area (Å²) < 4.78 is 5.95. The number of H-pyrrole nitrogens is 1. The minimum atomic E-state index is 0.168. The molecule has 0 saturated heterocycles. The molecule has 1 aliphatic rings. The molecule has 2 aromatic carbocycles. The largest absolute Gasteiger partial charge is 0.494 e.